The Balaban J connectivity index is 2.91. The third kappa shape index (κ3) is 19.8. The lowest BCUT2D eigenvalue weighted by atomic mass is 10.2. The molecule has 0 fully saturated rings. The summed E-state index contributed by atoms with van der Waals surface area (Å²) in [7, 11) is 0. The van der Waals surface area contributed by atoms with Gasteiger partial charge < -0.3 is 21.3 Å². The first-order valence-corrected chi connectivity index (χ1v) is 10.2. The van der Waals surface area contributed by atoms with Crippen molar-refractivity contribution in [2.24, 2.45) is 0 Å². The number of rotatable bonds is 19. The topological polar surface area (TPSA) is 66.4 Å². The molecule has 0 bridgehead atoms. The van der Waals surface area contributed by atoms with E-state index in [0.29, 0.717) is 0 Å². The Morgan fingerprint density at radius 2 is 0.818 bits per heavy atom. The number of hydrogen-bond acceptors (Lipinski definition) is 0. The first kappa shape index (κ1) is 21.8. The van der Waals surface area contributed by atoms with Gasteiger partial charge in [-0.3, -0.25) is 0 Å². The van der Waals surface area contributed by atoms with Gasteiger partial charge in [0.15, 0.2) is 0 Å². The van der Waals surface area contributed by atoms with Crippen LogP contribution in [0, 0.1) is 0 Å². The molecule has 0 radical (unpaired) electrons. The van der Waals surface area contributed by atoms with E-state index in [-0.39, 0.29) is 0 Å². The molecule has 4 nitrogen and oxygen atoms in total. The molecule has 0 saturated carbocycles. The third-order valence-electron chi connectivity index (χ3n) is 4.25. The second-order valence-electron chi connectivity index (χ2n) is 6.56. The van der Waals surface area contributed by atoms with Gasteiger partial charge in [-0.15, -0.1) is 0 Å². The van der Waals surface area contributed by atoms with Crippen molar-refractivity contribution in [3.63, 3.8) is 0 Å². The molecule has 0 heterocycles. The van der Waals surface area contributed by atoms with Crippen molar-refractivity contribution in [3.05, 3.63) is 0 Å². The van der Waals surface area contributed by atoms with Crippen molar-refractivity contribution < 1.29 is 21.3 Å². The van der Waals surface area contributed by atoms with E-state index in [9.17, 15) is 0 Å². The van der Waals surface area contributed by atoms with Crippen LogP contribution in [0.3, 0.4) is 0 Å². The van der Waals surface area contributed by atoms with Crippen molar-refractivity contribution in [3.8, 4) is 0 Å². The van der Waals surface area contributed by atoms with E-state index in [1.807, 2.05) is 0 Å². The predicted octanol–water partition coefficient (Wildman–Crippen LogP) is -1.60. The van der Waals surface area contributed by atoms with Crippen LogP contribution >= 0.6 is 0 Å². The number of hydrogen-bond donors (Lipinski definition) is 4. The number of nitrogens with two attached hydrogens (primary N) is 4. The van der Waals surface area contributed by atoms with E-state index in [4.69, 9.17) is 0 Å². The van der Waals surface area contributed by atoms with Gasteiger partial charge in [-0.25, -0.2) is 0 Å². The Kier molecular flexibility index (Phi) is 20.7. The summed E-state index contributed by atoms with van der Waals surface area (Å²) in [6.45, 7) is 15.0. The molecule has 4 heteroatoms. The van der Waals surface area contributed by atoms with Crippen molar-refractivity contribution in [1.29, 1.82) is 0 Å². The van der Waals surface area contributed by atoms with Crippen molar-refractivity contribution in [1.82, 2.24) is 0 Å². The zero-order valence-electron chi connectivity index (χ0n) is 15.6. The summed E-state index contributed by atoms with van der Waals surface area (Å²) in [4.78, 5) is 0. The zero-order valence-corrected chi connectivity index (χ0v) is 15.6. The summed E-state index contributed by atoms with van der Waals surface area (Å²) < 4.78 is 0. The van der Waals surface area contributed by atoms with Crippen LogP contribution in [-0.2, 0) is 0 Å². The number of quaternary nitrogens is 4. The Bertz CT molecular complexity index is 168. The Morgan fingerprint density at radius 3 is 1.27 bits per heavy atom. The van der Waals surface area contributed by atoms with Crippen LogP contribution in [-0.4, -0.2) is 52.4 Å². The van der Waals surface area contributed by atoms with Gasteiger partial charge in [0.2, 0.25) is 0 Å². The molecule has 0 unspecified atom stereocenters. The molecule has 0 atom stereocenters. The molecular weight excluding hydrogens is 272 g/mol. The van der Waals surface area contributed by atoms with Gasteiger partial charge in [-0.2, -0.15) is 0 Å². The van der Waals surface area contributed by atoms with Crippen LogP contribution in [0.4, 0.5) is 0 Å². The lowest BCUT2D eigenvalue weighted by Crippen LogP contribution is -2.89. The van der Waals surface area contributed by atoms with E-state index >= 15 is 0 Å². The van der Waals surface area contributed by atoms with Crippen LogP contribution in [0.15, 0.2) is 0 Å². The summed E-state index contributed by atoms with van der Waals surface area (Å²) in [5, 5.41) is 9.91. The lowest BCUT2D eigenvalue weighted by Gasteiger charge is -2.03. The van der Waals surface area contributed by atoms with E-state index in [1.165, 1.54) is 104 Å². The highest BCUT2D eigenvalue weighted by Gasteiger charge is 1.97. The quantitative estimate of drug-likeness (QED) is 0.207. The Morgan fingerprint density at radius 1 is 0.409 bits per heavy atom. The molecule has 0 aliphatic carbocycles. The standard InChI is InChI=1S/C18H42N4/c1-3-5-6-7-12-20-17-11-18-22-14-9-8-13-21-16-10-15-19-4-2/h19-22H,3-18H2,1-2H3/p+4. The monoisotopic (exact) mass is 318 g/mol. The molecule has 134 valence electrons. The summed E-state index contributed by atoms with van der Waals surface area (Å²) in [5.41, 5.74) is 0. The van der Waals surface area contributed by atoms with Crippen molar-refractivity contribution in [2.75, 3.05) is 52.4 Å². The molecule has 0 amide bonds. The second kappa shape index (κ2) is 20.8. The maximum absolute atomic E-state index is 2.52. The van der Waals surface area contributed by atoms with Crippen LogP contribution in [0.1, 0.15) is 65.2 Å². The average Bonchev–Trinajstić information content (AvgIpc) is 2.54. The van der Waals surface area contributed by atoms with Crippen molar-refractivity contribution in [2.45, 2.75) is 65.2 Å². The first-order valence-electron chi connectivity index (χ1n) is 10.2. The van der Waals surface area contributed by atoms with Crippen LogP contribution in [0.2, 0.25) is 0 Å². The van der Waals surface area contributed by atoms with Gasteiger partial charge in [0.05, 0.1) is 52.4 Å². The second-order valence-corrected chi connectivity index (χ2v) is 6.56. The highest BCUT2D eigenvalue weighted by atomic mass is 14.9. The van der Waals surface area contributed by atoms with Crippen LogP contribution in [0.25, 0.3) is 0 Å². The van der Waals surface area contributed by atoms with Crippen molar-refractivity contribution >= 4 is 0 Å². The molecule has 22 heavy (non-hydrogen) atoms. The van der Waals surface area contributed by atoms with Gasteiger partial charge in [-0.1, -0.05) is 19.8 Å². The first-order chi connectivity index (χ1) is 10.9. The molecule has 8 N–H and O–H groups in total. The normalized spacial score (nSPS) is 11.2. The molecule has 0 aliphatic rings. The smallest absolute Gasteiger partial charge is 0.0809 e. The summed E-state index contributed by atoms with van der Waals surface area (Å²) in [6, 6.07) is 0. The highest BCUT2D eigenvalue weighted by molar-refractivity contribution is 4.37. The Hall–Kier alpha value is -0.160. The van der Waals surface area contributed by atoms with Gasteiger partial charge in [-0.05, 0) is 19.8 Å². The minimum Gasteiger partial charge on any atom is -0.346 e. The average molecular weight is 319 g/mol. The van der Waals surface area contributed by atoms with Crippen LogP contribution < -0.4 is 21.3 Å². The fourth-order valence-electron chi connectivity index (χ4n) is 2.74. The molecule has 0 aromatic carbocycles. The van der Waals surface area contributed by atoms with Gasteiger partial charge in [0.1, 0.15) is 0 Å². The molecular formula is C18H46N4+4. The fourth-order valence-corrected chi connectivity index (χ4v) is 2.74. The molecule has 0 aromatic heterocycles. The summed E-state index contributed by atoms with van der Waals surface area (Å²) in [5.74, 6) is 0. The molecule has 0 spiro atoms. The van der Waals surface area contributed by atoms with Gasteiger partial charge in [0, 0.05) is 25.7 Å². The SMILES string of the molecule is CCCCCC[NH2+]CCC[NH2+]CCCC[NH2+]CCC[NH2+]CC. The van der Waals surface area contributed by atoms with E-state index in [0.717, 1.165) is 0 Å². The van der Waals surface area contributed by atoms with Gasteiger partial charge >= 0.3 is 0 Å². The zero-order chi connectivity index (χ0) is 16.1. The third-order valence-corrected chi connectivity index (χ3v) is 4.25. The van der Waals surface area contributed by atoms with E-state index in [2.05, 4.69) is 35.1 Å². The largest absolute Gasteiger partial charge is 0.346 e. The number of unbranched alkanes of at least 4 members (excludes halogenated alkanes) is 4. The highest BCUT2D eigenvalue weighted by Crippen LogP contribution is 1.95. The molecule has 0 aromatic rings. The Labute approximate surface area is 139 Å². The van der Waals surface area contributed by atoms with E-state index < -0.39 is 0 Å². The summed E-state index contributed by atoms with van der Waals surface area (Å²) >= 11 is 0. The molecule has 0 aliphatic heterocycles. The predicted molar refractivity (Wildman–Crippen MR) is 94.9 cm³/mol. The lowest BCUT2D eigenvalue weighted by molar-refractivity contribution is -0.685. The van der Waals surface area contributed by atoms with Gasteiger partial charge in [0.25, 0.3) is 0 Å². The van der Waals surface area contributed by atoms with E-state index in [1.54, 1.807) is 0 Å². The minimum atomic E-state index is 1.23. The minimum absolute atomic E-state index is 1.23. The summed E-state index contributed by atoms with van der Waals surface area (Å²) in [6.07, 6.45) is 11.1. The maximum Gasteiger partial charge on any atom is 0.0809 e. The maximum atomic E-state index is 2.52. The van der Waals surface area contributed by atoms with Crippen LogP contribution in [0.5, 0.6) is 0 Å². The molecule has 0 saturated heterocycles. The fraction of sp³-hybridized carbons (Fsp3) is 1.00. The molecule has 0 rings (SSSR count).